The molecule has 9 nitrogen and oxygen atoms in total. The number of halogens is 3. The topological polar surface area (TPSA) is 103 Å². The van der Waals surface area contributed by atoms with Crippen molar-refractivity contribution in [3.05, 3.63) is 94.0 Å². The van der Waals surface area contributed by atoms with Crippen molar-refractivity contribution in [1.82, 2.24) is 10.3 Å². The maximum absolute atomic E-state index is 13.4. The van der Waals surface area contributed by atoms with E-state index in [-0.39, 0.29) is 39.8 Å². The van der Waals surface area contributed by atoms with Crippen molar-refractivity contribution in [3.63, 3.8) is 0 Å². The predicted molar refractivity (Wildman–Crippen MR) is 180 cm³/mol. The average molecular weight is 676 g/mol. The molecule has 2 aliphatic rings. The summed E-state index contributed by atoms with van der Waals surface area (Å²) < 4.78 is 45.3. The first-order chi connectivity index (χ1) is 23.5. The zero-order valence-electron chi connectivity index (χ0n) is 27.7. The number of aryl methyl sites for hydroxylation is 1. The SMILES string of the molecule is CCOC(=O)C1CCN(Cc2cc#cc(C(=O)Nc3ccc(N4CCCCC4)cc3C(=O)N/N=C/c3ccc(C)c(C(F)(F)F)c3)c2)CC1. The number of hydrogen-bond acceptors (Lipinski definition) is 7. The van der Waals surface area contributed by atoms with Gasteiger partial charge in [-0.05, 0) is 112 Å². The molecule has 0 aliphatic carbocycles. The molecule has 0 unspecified atom stereocenters. The monoisotopic (exact) mass is 675 g/mol. The van der Waals surface area contributed by atoms with Gasteiger partial charge in [0.1, 0.15) is 0 Å². The van der Waals surface area contributed by atoms with Crippen molar-refractivity contribution < 1.29 is 32.3 Å². The summed E-state index contributed by atoms with van der Waals surface area (Å²) in [5.41, 5.74) is 4.19. The maximum atomic E-state index is 13.4. The van der Waals surface area contributed by atoms with Crippen LogP contribution in [0, 0.1) is 25.0 Å². The summed E-state index contributed by atoms with van der Waals surface area (Å²) >= 11 is 0. The van der Waals surface area contributed by atoms with Crippen LogP contribution in [-0.2, 0) is 22.3 Å². The molecule has 49 heavy (non-hydrogen) atoms. The summed E-state index contributed by atoms with van der Waals surface area (Å²) in [7, 11) is 0. The molecule has 0 radical (unpaired) electrons. The molecule has 2 N–H and O–H groups in total. The normalized spacial score (nSPS) is 15.9. The third kappa shape index (κ3) is 9.38. The third-order valence-electron chi connectivity index (χ3n) is 8.82. The zero-order chi connectivity index (χ0) is 35.0. The highest BCUT2D eigenvalue weighted by molar-refractivity contribution is 6.09. The fourth-order valence-electron chi connectivity index (χ4n) is 6.15. The third-order valence-corrected chi connectivity index (χ3v) is 8.82. The van der Waals surface area contributed by atoms with E-state index < -0.39 is 23.6 Å². The molecular formula is C37H40F3N5O4. The Morgan fingerprint density at radius 2 is 1.76 bits per heavy atom. The van der Waals surface area contributed by atoms with Crippen LogP contribution in [0.3, 0.4) is 0 Å². The van der Waals surface area contributed by atoms with E-state index in [9.17, 15) is 27.6 Å². The Bertz CT molecular complexity index is 1680. The van der Waals surface area contributed by atoms with E-state index >= 15 is 0 Å². The van der Waals surface area contributed by atoms with Gasteiger partial charge in [-0.15, -0.1) is 0 Å². The number of hydrazone groups is 1. The molecule has 0 bridgehead atoms. The fraction of sp³-hybridized carbons (Fsp3) is 0.405. The number of hydrogen-bond donors (Lipinski definition) is 2. The molecule has 12 heteroatoms. The fourth-order valence-corrected chi connectivity index (χ4v) is 6.15. The number of anilines is 2. The van der Waals surface area contributed by atoms with Gasteiger partial charge < -0.3 is 15.0 Å². The summed E-state index contributed by atoms with van der Waals surface area (Å²) in [5.74, 6) is -1.37. The second-order valence-corrected chi connectivity index (χ2v) is 12.4. The van der Waals surface area contributed by atoms with Crippen molar-refractivity contribution in [2.45, 2.75) is 58.7 Å². The Kier molecular flexibility index (Phi) is 11.6. The standard InChI is InChI=1S/C37H40F3N5O4/c1-3-49-36(48)28-14-18-44(19-15-28)24-27-8-7-9-29(20-27)34(46)42-33-13-12-30(45-16-5-4-6-17-45)22-31(33)35(47)43-41-23-26-11-10-25(2)32(21-26)37(38,39)40/h8,10-13,20-23,28H,3-6,14-19,24H2,1-2H3,(H,42,46)(H,43,47)/b41-23+. The van der Waals surface area contributed by atoms with Crippen LogP contribution >= 0.6 is 0 Å². The second-order valence-electron chi connectivity index (χ2n) is 12.4. The molecule has 2 heterocycles. The van der Waals surface area contributed by atoms with Crippen LogP contribution in [0.2, 0.25) is 0 Å². The molecule has 3 aromatic carbocycles. The Morgan fingerprint density at radius 3 is 2.47 bits per heavy atom. The van der Waals surface area contributed by atoms with Gasteiger partial charge in [-0.1, -0.05) is 24.3 Å². The van der Waals surface area contributed by atoms with Gasteiger partial charge in [0.05, 0.1) is 41.1 Å². The molecule has 258 valence electrons. The van der Waals surface area contributed by atoms with Crippen molar-refractivity contribution in [2.75, 3.05) is 43.0 Å². The summed E-state index contributed by atoms with van der Waals surface area (Å²) in [6.45, 7) is 7.22. The lowest BCUT2D eigenvalue weighted by molar-refractivity contribution is -0.149. The van der Waals surface area contributed by atoms with E-state index in [0.29, 0.717) is 26.0 Å². The highest BCUT2D eigenvalue weighted by Gasteiger charge is 2.32. The smallest absolute Gasteiger partial charge is 0.416 e. The van der Waals surface area contributed by atoms with Crippen LogP contribution in [0.1, 0.15) is 82.0 Å². The number of benzene rings is 2. The Labute approximate surface area is 284 Å². The number of rotatable bonds is 10. The molecular weight excluding hydrogens is 635 g/mol. The molecule has 0 atom stereocenters. The first-order valence-corrected chi connectivity index (χ1v) is 16.5. The molecule has 2 saturated heterocycles. The van der Waals surface area contributed by atoms with E-state index in [1.165, 1.54) is 19.1 Å². The number of esters is 1. The quantitative estimate of drug-likeness (QED) is 0.147. The van der Waals surface area contributed by atoms with Gasteiger partial charge in [-0.25, -0.2) is 5.43 Å². The van der Waals surface area contributed by atoms with Crippen LogP contribution in [0.25, 0.3) is 0 Å². The van der Waals surface area contributed by atoms with Gasteiger partial charge in [0, 0.05) is 25.3 Å². The van der Waals surface area contributed by atoms with Crippen molar-refractivity contribution in [2.24, 2.45) is 11.0 Å². The number of nitrogens with zero attached hydrogens (tertiary/aromatic N) is 3. The van der Waals surface area contributed by atoms with Gasteiger partial charge in [0.15, 0.2) is 0 Å². The minimum absolute atomic E-state index is 0.0830. The molecule has 5 rings (SSSR count). The number of carbonyl (C=O) groups is 3. The van der Waals surface area contributed by atoms with Gasteiger partial charge >= 0.3 is 12.1 Å². The van der Waals surface area contributed by atoms with Crippen LogP contribution in [-0.4, -0.2) is 61.7 Å². The molecule has 2 amide bonds. The molecule has 0 saturated carbocycles. The predicted octanol–water partition coefficient (Wildman–Crippen LogP) is 6.40. The number of amides is 2. The number of likely N-dealkylation sites (tertiary alicyclic amines) is 1. The van der Waals surface area contributed by atoms with E-state index in [1.54, 1.807) is 31.2 Å². The number of carbonyl (C=O) groups excluding carboxylic acids is 3. The van der Waals surface area contributed by atoms with Gasteiger partial charge in [0.2, 0.25) is 0 Å². The largest absolute Gasteiger partial charge is 0.466 e. The maximum Gasteiger partial charge on any atom is 0.416 e. The van der Waals surface area contributed by atoms with Crippen LogP contribution in [0.4, 0.5) is 24.5 Å². The Morgan fingerprint density at radius 1 is 1.00 bits per heavy atom. The van der Waals surface area contributed by atoms with Gasteiger partial charge in [0.25, 0.3) is 11.8 Å². The van der Waals surface area contributed by atoms with Crippen LogP contribution < -0.4 is 15.6 Å². The number of ether oxygens (including phenoxy) is 1. The van der Waals surface area contributed by atoms with E-state index in [4.69, 9.17) is 4.74 Å². The highest BCUT2D eigenvalue weighted by atomic mass is 19.4. The van der Waals surface area contributed by atoms with Crippen molar-refractivity contribution in [1.29, 1.82) is 0 Å². The van der Waals surface area contributed by atoms with E-state index in [2.05, 4.69) is 37.8 Å². The number of alkyl halides is 3. The van der Waals surface area contributed by atoms with Crippen molar-refractivity contribution >= 4 is 35.4 Å². The molecule has 2 aliphatic heterocycles. The first-order valence-electron chi connectivity index (χ1n) is 16.5. The lowest BCUT2D eigenvalue weighted by Crippen LogP contribution is -2.36. The molecule has 0 spiro atoms. The van der Waals surface area contributed by atoms with Crippen molar-refractivity contribution in [3.8, 4) is 0 Å². The zero-order valence-corrected chi connectivity index (χ0v) is 27.7. The molecule has 3 aromatic rings. The summed E-state index contributed by atoms with van der Waals surface area (Å²) in [5, 5.41) is 6.75. The van der Waals surface area contributed by atoms with E-state index in [1.807, 2.05) is 6.07 Å². The lowest BCUT2D eigenvalue weighted by atomic mass is 9.96. The Hall–Kier alpha value is -4.89. The molecule has 0 aromatic heterocycles. The minimum Gasteiger partial charge on any atom is -0.466 e. The number of nitrogens with one attached hydrogen (secondary N) is 2. The number of piperidine rings is 2. The first kappa shape index (κ1) is 35.4. The van der Waals surface area contributed by atoms with Gasteiger partial charge in [-0.2, -0.15) is 18.3 Å². The summed E-state index contributed by atoms with van der Waals surface area (Å²) in [4.78, 5) is 43.4. The van der Waals surface area contributed by atoms with Gasteiger partial charge in [-0.3, -0.25) is 19.3 Å². The second kappa shape index (κ2) is 16.0. The van der Waals surface area contributed by atoms with E-state index in [0.717, 1.165) is 69.0 Å². The molecule has 2 fully saturated rings. The minimum atomic E-state index is -4.52. The average Bonchev–Trinajstić information content (AvgIpc) is 3.09. The highest BCUT2D eigenvalue weighted by Crippen LogP contribution is 2.32. The van der Waals surface area contributed by atoms with Crippen LogP contribution in [0.15, 0.2) is 53.6 Å². The lowest BCUT2D eigenvalue weighted by Gasteiger charge is -2.30. The summed E-state index contributed by atoms with van der Waals surface area (Å²) in [6, 6.07) is 18.3. The Balaban J connectivity index is 1.29. The summed E-state index contributed by atoms with van der Waals surface area (Å²) in [6.07, 6.45) is 1.21. The van der Waals surface area contributed by atoms with Crippen LogP contribution in [0.5, 0.6) is 0 Å².